The van der Waals surface area contributed by atoms with Crippen LogP contribution in [0.5, 0.6) is 0 Å². The van der Waals surface area contributed by atoms with Gasteiger partial charge in [0.05, 0.1) is 0 Å². The van der Waals surface area contributed by atoms with Crippen LogP contribution in [0, 0.1) is 13.8 Å². The van der Waals surface area contributed by atoms with Gasteiger partial charge in [-0.05, 0) is 38.0 Å². The minimum Gasteiger partial charge on any atom is -0.356 e. The summed E-state index contributed by atoms with van der Waals surface area (Å²) in [5.41, 5.74) is 2.41. The first-order chi connectivity index (χ1) is 14.7. The molecule has 0 fully saturated rings. The van der Waals surface area contributed by atoms with E-state index in [4.69, 9.17) is 0 Å². The number of carbonyl (C=O) groups is 1. The number of aromatic nitrogens is 7. The lowest BCUT2D eigenvalue weighted by molar-refractivity contribution is -0.144. The Balaban J connectivity index is 1.38. The zero-order chi connectivity index (χ0) is 22.2. The highest BCUT2D eigenvalue weighted by atomic mass is 19.4. The van der Waals surface area contributed by atoms with Crippen LogP contribution in [0.3, 0.4) is 0 Å². The van der Waals surface area contributed by atoms with Crippen molar-refractivity contribution in [2.24, 2.45) is 0 Å². The molecule has 9 nitrogen and oxygen atoms in total. The second kappa shape index (κ2) is 7.93. The lowest BCUT2D eigenvalue weighted by Crippen LogP contribution is -2.26. The van der Waals surface area contributed by atoms with Gasteiger partial charge in [0, 0.05) is 37.0 Å². The first kappa shape index (κ1) is 20.7. The van der Waals surface area contributed by atoms with Crippen LogP contribution in [-0.2, 0) is 23.8 Å². The predicted molar refractivity (Wildman–Crippen MR) is 103 cm³/mol. The molecular weight excluding hydrogens is 413 g/mol. The van der Waals surface area contributed by atoms with E-state index in [0.29, 0.717) is 36.3 Å². The molecule has 162 valence electrons. The van der Waals surface area contributed by atoms with Crippen LogP contribution in [0.15, 0.2) is 24.4 Å². The summed E-state index contributed by atoms with van der Waals surface area (Å²) < 4.78 is 41.6. The quantitative estimate of drug-likeness (QED) is 0.501. The average molecular weight is 432 g/mol. The monoisotopic (exact) mass is 432 g/mol. The molecule has 1 amide bonds. The molecule has 0 spiro atoms. The number of carbonyl (C=O) groups excluding carboxylic acids is 1. The van der Waals surface area contributed by atoms with Crippen molar-refractivity contribution < 1.29 is 18.0 Å². The van der Waals surface area contributed by atoms with Gasteiger partial charge in [-0.1, -0.05) is 6.07 Å². The third-order valence-electron chi connectivity index (χ3n) is 4.96. The molecule has 0 saturated carbocycles. The number of halogens is 3. The van der Waals surface area contributed by atoms with E-state index in [1.54, 1.807) is 13.8 Å². The molecule has 0 aliphatic carbocycles. The number of aryl methyl sites for hydroxylation is 2. The van der Waals surface area contributed by atoms with Crippen molar-refractivity contribution in [2.75, 3.05) is 6.54 Å². The summed E-state index contributed by atoms with van der Waals surface area (Å²) in [6, 6.07) is 5.59. The molecule has 0 aromatic carbocycles. The molecule has 0 saturated heterocycles. The molecule has 0 unspecified atom stereocenters. The SMILES string of the molecule is Cc1nc2nc(C(F)(F)F)nn2c(C)c1CCC(=O)NCCc1nnc2ccccn12. The summed E-state index contributed by atoms with van der Waals surface area (Å²) in [5.74, 6) is -0.791. The molecule has 31 heavy (non-hydrogen) atoms. The number of rotatable bonds is 6. The van der Waals surface area contributed by atoms with E-state index in [0.717, 1.165) is 16.0 Å². The van der Waals surface area contributed by atoms with Gasteiger partial charge in [0.25, 0.3) is 11.6 Å². The van der Waals surface area contributed by atoms with Crippen molar-refractivity contribution in [1.82, 2.24) is 39.5 Å². The Morgan fingerprint density at radius 3 is 2.71 bits per heavy atom. The highest BCUT2D eigenvalue weighted by Gasteiger charge is 2.36. The van der Waals surface area contributed by atoms with E-state index >= 15 is 0 Å². The number of hydrogen-bond acceptors (Lipinski definition) is 6. The minimum atomic E-state index is -4.65. The maximum absolute atomic E-state index is 12.9. The fraction of sp³-hybridized carbons (Fsp3) is 0.368. The third kappa shape index (κ3) is 4.18. The van der Waals surface area contributed by atoms with E-state index in [1.807, 2.05) is 28.8 Å². The molecule has 4 rings (SSSR count). The Kier molecular flexibility index (Phi) is 5.29. The smallest absolute Gasteiger partial charge is 0.356 e. The fourth-order valence-corrected chi connectivity index (χ4v) is 3.39. The topological polar surface area (TPSA) is 102 Å². The van der Waals surface area contributed by atoms with Gasteiger partial charge in [-0.2, -0.15) is 18.2 Å². The highest BCUT2D eigenvalue weighted by Crippen LogP contribution is 2.27. The van der Waals surface area contributed by atoms with Crippen molar-refractivity contribution in [3.63, 3.8) is 0 Å². The molecule has 0 atom stereocenters. The Morgan fingerprint density at radius 1 is 1.13 bits per heavy atom. The number of alkyl halides is 3. The second-order valence-corrected chi connectivity index (χ2v) is 7.05. The van der Waals surface area contributed by atoms with Crippen molar-refractivity contribution in [3.05, 3.63) is 53.0 Å². The van der Waals surface area contributed by atoms with Gasteiger partial charge in [0.15, 0.2) is 5.65 Å². The Hall–Kier alpha value is -3.57. The summed E-state index contributed by atoms with van der Waals surface area (Å²) in [5, 5.41) is 14.5. The lowest BCUT2D eigenvalue weighted by atomic mass is 10.1. The Morgan fingerprint density at radius 2 is 1.94 bits per heavy atom. The van der Waals surface area contributed by atoms with Crippen LogP contribution in [0.2, 0.25) is 0 Å². The van der Waals surface area contributed by atoms with Crippen LogP contribution < -0.4 is 5.32 Å². The summed E-state index contributed by atoms with van der Waals surface area (Å²) in [4.78, 5) is 19.8. The van der Waals surface area contributed by atoms with E-state index in [-0.39, 0.29) is 18.1 Å². The molecule has 0 radical (unpaired) electrons. The highest BCUT2D eigenvalue weighted by molar-refractivity contribution is 5.76. The second-order valence-electron chi connectivity index (χ2n) is 7.05. The number of pyridine rings is 1. The van der Waals surface area contributed by atoms with E-state index in [9.17, 15) is 18.0 Å². The van der Waals surface area contributed by atoms with Gasteiger partial charge < -0.3 is 5.32 Å². The molecule has 4 aromatic heterocycles. The number of nitrogens with one attached hydrogen (secondary N) is 1. The largest absolute Gasteiger partial charge is 0.453 e. The summed E-state index contributed by atoms with van der Waals surface area (Å²) >= 11 is 0. The molecule has 0 aliphatic rings. The van der Waals surface area contributed by atoms with Crippen LogP contribution in [0.4, 0.5) is 13.2 Å². The molecule has 0 aliphatic heterocycles. The molecule has 12 heteroatoms. The van der Waals surface area contributed by atoms with Gasteiger partial charge in [-0.3, -0.25) is 9.20 Å². The first-order valence-electron chi connectivity index (χ1n) is 9.59. The van der Waals surface area contributed by atoms with Crippen molar-refractivity contribution in [3.8, 4) is 0 Å². The van der Waals surface area contributed by atoms with Gasteiger partial charge in [0.1, 0.15) is 5.82 Å². The zero-order valence-corrected chi connectivity index (χ0v) is 16.8. The predicted octanol–water partition coefficient (Wildman–Crippen LogP) is 2.09. The van der Waals surface area contributed by atoms with Gasteiger partial charge in [0.2, 0.25) is 5.91 Å². The molecular formula is C19H19F3N8O. The maximum Gasteiger partial charge on any atom is 0.453 e. The molecule has 4 aromatic rings. The molecule has 4 heterocycles. The van der Waals surface area contributed by atoms with Crippen LogP contribution in [0.25, 0.3) is 11.4 Å². The average Bonchev–Trinajstić information content (AvgIpc) is 3.32. The van der Waals surface area contributed by atoms with Gasteiger partial charge in [-0.15, -0.1) is 15.3 Å². The van der Waals surface area contributed by atoms with Gasteiger partial charge >= 0.3 is 6.18 Å². The standard InChI is InChI=1S/C19H19F3N8O/c1-11-13(12(2)30-18(24-11)25-17(28-30)19(20,21)22)6-7-16(31)23-9-8-15-27-26-14-5-3-4-10-29(14)15/h3-5,10H,6-9H2,1-2H3,(H,23,31). The summed E-state index contributed by atoms with van der Waals surface area (Å²) in [7, 11) is 0. The van der Waals surface area contributed by atoms with E-state index in [2.05, 4.69) is 30.6 Å². The van der Waals surface area contributed by atoms with Crippen LogP contribution in [-0.4, -0.2) is 46.6 Å². The van der Waals surface area contributed by atoms with E-state index < -0.39 is 12.0 Å². The maximum atomic E-state index is 12.9. The van der Waals surface area contributed by atoms with Gasteiger partial charge in [-0.25, -0.2) is 9.50 Å². The molecule has 0 bridgehead atoms. The Labute approximate surface area is 174 Å². The minimum absolute atomic E-state index is 0.115. The lowest BCUT2D eigenvalue weighted by Gasteiger charge is -2.10. The summed E-state index contributed by atoms with van der Waals surface area (Å²) in [6.45, 7) is 3.71. The van der Waals surface area contributed by atoms with Crippen LogP contribution >= 0.6 is 0 Å². The van der Waals surface area contributed by atoms with Crippen molar-refractivity contribution in [2.45, 2.75) is 39.3 Å². The van der Waals surface area contributed by atoms with E-state index in [1.165, 1.54) is 0 Å². The fourth-order valence-electron chi connectivity index (χ4n) is 3.39. The zero-order valence-electron chi connectivity index (χ0n) is 16.8. The van der Waals surface area contributed by atoms with Crippen LogP contribution in [0.1, 0.15) is 35.0 Å². The number of fused-ring (bicyclic) bond motifs is 2. The number of nitrogens with zero attached hydrogens (tertiary/aromatic N) is 7. The Bertz CT molecular complexity index is 1260. The molecule has 1 N–H and O–H groups in total. The summed E-state index contributed by atoms with van der Waals surface area (Å²) in [6.07, 6.45) is -1.79. The number of hydrogen-bond donors (Lipinski definition) is 1. The third-order valence-corrected chi connectivity index (χ3v) is 4.96. The normalized spacial score (nSPS) is 12.0. The first-order valence-corrected chi connectivity index (χ1v) is 9.59. The number of amides is 1. The van der Waals surface area contributed by atoms with Crippen molar-refractivity contribution >= 4 is 17.3 Å². The van der Waals surface area contributed by atoms with Crippen molar-refractivity contribution in [1.29, 1.82) is 0 Å².